The Morgan fingerprint density at radius 1 is 1.09 bits per heavy atom. The standard InChI is InChI=1S/C22H28O/c1-21-12-3-2-6-16(21)9-10-17-18(21)11-14-22(13-4-7-19(17)22)20-8-5-15-23-20/h4-5,7-8,13,15-18H,2-3,6,9-12,14H2,1H3/t16?,17-,18+,21+,22-/m1/s1. The molecule has 3 saturated carbocycles. The summed E-state index contributed by atoms with van der Waals surface area (Å²) in [6.07, 6.45) is 20.4. The molecular weight excluding hydrogens is 280 g/mol. The highest BCUT2D eigenvalue weighted by molar-refractivity contribution is 5.48. The van der Waals surface area contributed by atoms with E-state index in [1.54, 1.807) is 5.57 Å². The van der Waals surface area contributed by atoms with E-state index in [0.717, 1.165) is 17.8 Å². The normalized spacial score (nSPS) is 45.1. The molecule has 4 aliphatic rings. The van der Waals surface area contributed by atoms with E-state index in [1.807, 2.05) is 6.26 Å². The SMILES string of the molecule is C[C@]12CCCCC1CC[C@H]1C3=CC=C[C@@]3(c3ccco3)CC[C@@H]12. The van der Waals surface area contributed by atoms with Crippen LogP contribution < -0.4 is 0 Å². The Bertz CT molecular complexity index is 652. The zero-order valence-electron chi connectivity index (χ0n) is 14.3. The van der Waals surface area contributed by atoms with Gasteiger partial charge >= 0.3 is 0 Å². The lowest BCUT2D eigenvalue weighted by atomic mass is 9.46. The molecule has 0 amide bonds. The summed E-state index contributed by atoms with van der Waals surface area (Å²) in [6, 6.07) is 4.25. The van der Waals surface area contributed by atoms with Gasteiger partial charge < -0.3 is 4.42 Å². The highest BCUT2D eigenvalue weighted by atomic mass is 16.3. The molecular formula is C22H28O. The number of furan rings is 1. The Kier molecular flexibility index (Phi) is 3.00. The van der Waals surface area contributed by atoms with Gasteiger partial charge in [-0.25, -0.2) is 0 Å². The summed E-state index contributed by atoms with van der Waals surface area (Å²) in [6.45, 7) is 2.64. The average Bonchev–Trinajstić information content (AvgIpc) is 3.23. The highest BCUT2D eigenvalue weighted by Crippen LogP contribution is 2.64. The number of allylic oxidation sites excluding steroid dienone is 4. The van der Waals surface area contributed by atoms with Crippen LogP contribution in [0.1, 0.15) is 64.1 Å². The van der Waals surface area contributed by atoms with Crippen molar-refractivity contribution in [3.8, 4) is 0 Å². The Morgan fingerprint density at radius 3 is 2.91 bits per heavy atom. The molecule has 5 rings (SSSR count). The fraction of sp³-hybridized carbons (Fsp3) is 0.636. The van der Waals surface area contributed by atoms with Crippen molar-refractivity contribution in [1.29, 1.82) is 0 Å². The van der Waals surface area contributed by atoms with Crippen molar-refractivity contribution in [2.75, 3.05) is 0 Å². The largest absolute Gasteiger partial charge is 0.468 e. The summed E-state index contributed by atoms with van der Waals surface area (Å²) in [4.78, 5) is 0. The van der Waals surface area contributed by atoms with Gasteiger partial charge in [0.15, 0.2) is 0 Å². The lowest BCUT2D eigenvalue weighted by Gasteiger charge is -2.58. The molecule has 1 unspecified atom stereocenters. The third-order valence-corrected chi connectivity index (χ3v) is 7.99. The number of hydrogen-bond acceptors (Lipinski definition) is 1. The van der Waals surface area contributed by atoms with Gasteiger partial charge in [0.1, 0.15) is 5.76 Å². The van der Waals surface area contributed by atoms with Crippen molar-refractivity contribution in [1.82, 2.24) is 0 Å². The molecule has 1 aromatic heterocycles. The molecule has 0 aromatic carbocycles. The minimum absolute atomic E-state index is 0.0858. The van der Waals surface area contributed by atoms with Gasteiger partial charge in [0.2, 0.25) is 0 Å². The minimum Gasteiger partial charge on any atom is -0.468 e. The smallest absolute Gasteiger partial charge is 0.117 e. The van der Waals surface area contributed by atoms with Crippen LogP contribution in [0.25, 0.3) is 0 Å². The second-order valence-electron chi connectivity index (χ2n) is 8.71. The van der Waals surface area contributed by atoms with E-state index < -0.39 is 0 Å². The molecule has 0 aliphatic heterocycles. The van der Waals surface area contributed by atoms with Crippen LogP contribution in [0.15, 0.2) is 46.6 Å². The maximum atomic E-state index is 5.90. The molecule has 1 heteroatoms. The van der Waals surface area contributed by atoms with Gasteiger partial charge in [0.25, 0.3) is 0 Å². The molecule has 4 aliphatic carbocycles. The molecule has 23 heavy (non-hydrogen) atoms. The first kappa shape index (κ1) is 14.1. The van der Waals surface area contributed by atoms with E-state index in [9.17, 15) is 0 Å². The first-order chi connectivity index (χ1) is 11.2. The van der Waals surface area contributed by atoms with Crippen molar-refractivity contribution < 1.29 is 4.42 Å². The molecule has 3 fully saturated rings. The van der Waals surface area contributed by atoms with Crippen LogP contribution in [0.3, 0.4) is 0 Å². The van der Waals surface area contributed by atoms with Crippen LogP contribution in [-0.4, -0.2) is 0 Å². The van der Waals surface area contributed by atoms with Gasteiger partial charge in [-0.2, -0.15) is 0 Å². The molecule has 122 valence electrons. The second kappa shape index (κ2) is 4.88. The van der Waals surface area contributed by atoms with Crippen LogP contribution in [0.2, 0.25) is 0 Å². The predicted molar refractivity (Wildman–Crippen MR) is 93.1 cm³/mol. The Labute approximate surface area is 139 Å². The van der Waals surface area contributed by atoms with Crippen molar-refractivity contribution >= 4 is 0 Å². The molecule has 0 bridgehead atoms. The van der Waals surface area contributed by atoms with Gasteiger partial charge in [-0.3, -0.25) is 0 Å². The second-order valence-corrected chi connectivity index (χ2v) is 8.71. The van der Waals surface area contributed by atoms with E-state index in [0.29, 0.717) is 5.41 Å². The van der Waals surface area contributed by atoms with Crippen molar-refractivity contribution in [3.05, 3.63) is 48.0 Å². The summed E-state index contributed by atoms with van der Waals surface area (Å²) in [5.41, 5.74) is 2.36. The fourth-order valence-electron chi connectivity index (χ4n) is 6.84. The number of rotatable bonds is 1. The van der Waals surface area contributed by atoms with E-state index in [2.05, 4.69) is 37.3 Å². The van der Waals surface area contributed by atoms with Gasteiger partial charge in [-0.05, 0) is 79.4 Å². The monoisotopic (exact) mass is 308 g/mol. The lowest BCUT2D eigenvalue weighted by Crippen LogP contribution is -2.50. The lowest BCUT2D eigenvalue weighted by molar-refractivity contribution is -0.0439. The van der Waals surface area contributed by atoms with E-state index in [1.165, 1.54) is 57.1 Å². The summed E-state index contributed by atoms with van der Waals surface area (Å²) in [5.74, 6) is 3.84. The molecule has 1 heterocycles. The first-order valence-corrected chi connectivity index (χ1v) is 9.68. The Balaban J connectivity index is 1.54. The summed E-state index contributed by atoms with van der Waals surface area (Å²) in [7, 11) is 0. The summed E-state index contributed by atoms with van der Waals surface area (Å²) < 4.78 is 5.90. The fourth-order valence-corrected chi connectivity index (χ4v) is 6.84. The van der Waals surface area contributed by atoms with Gasteiger partial charge in [0, 0.05) is 0 Å². The number of hydrogen-bond donors (Lipinski definition) is 0. The zero-order chi connectivity index (χ0) is 15.5. The number of fused-ring (bicyclic) bond motifs is 5. The van der Waals surface area contributed by atoms with Crippen LogP contribution in [0.5, 0.6) is 0 Å². The zero-order valence-corrected chi connectivity index (χ0v) is 14.3. The topological polar surface area (TPSA) is 13.1 Å². The maximum Gasteiger partial charge on any atom is 0.117 e. The van der Waals surface area contributed by atoms with Gasteiger partial charge in [0.05, 0.1) is 11.7 Å². The highest BCUT2D eigenvalue weighted by Gasteiger charge is 2.56. The minimum atomic E-state index is 0.0858. The summed E-state index contributed by atoms with van der Waals surface area (Å²) in [5, 5.41) is 0. The third kappa shape index (κ3) is 1.80. The molecule has 5 atom stereocenters. The third-order valence-electron chi connectivity index (χ3n) is 7.99. The molecule has 0 N–H and O–H groups in total. The van der Waals surface area contributed by atoms with E-state index >= 15 is 0 Å². The van der Waals surface area contributed by atoms with Gasteiger partial charge in [-0.1, -0.05) is 38.0 Å². The molecule has 1 nitrogen and oxygen atoms in total. The quantitative estimate of drug-likeness (QED) is 0.617. The van der Waals surface area contributed by atoms with Crippen LogP contribution >= 0.6 is 0 Å². The Morgan fingerprint density at radius 2 is 2.04 bits per heavy atom. The van der Waals surface area contributed by atoms with Crippen molar-refractivity contribution in [2.24, 2.45) is 23.2 Å². The molecule has 0 spiro atoms. The van der Waals surface area contributed by atoms with Crippen molar-refractivity contribution in [2.45, 2.75) is 63.7 Å². The van der Waals surface area contributed by atoms with Crippen LogP contribution in [0.4, 0.5) is 0 Å². The average molecular weight is 308 g/mol. The maximum absolute atomic E-state index is 5.90. The summed E-state index contributed by atoms with van der Waals surface area (Å²) >= 11 is 0. The van der Waals surface area contributed by atoms with Crippen LogP contribution in [0, 0.1) is 23.2 Å². The molecule has 0 saturated heterocycles. The first-order valence-electron chi connectivity index (χ1n) is 9.68. The van der Waals surface area contributed by atoms with Gasteiger partial charge in [-0.15, -0.1) is 0 Å². The predicted octanol–water partition coefficient (Wildman–Crippen LogP) is 6.03. The van der Waals surface area contributed by atoms with Crippen molar-refractivity contribution in [3.63, 3.8) is 0 Å². The van der Waals surface area contributed by atoms with E-state index in [-0.39, 0.29) is 5.41 Å². The molecule has 0 radical (unpaired) electrons. The Hall–Kier alpha value is -1.24. The molecule has 1 aromatic rings. The van der Waals surface area contributed by atoms with E-state index in [4.69, 9.17) is 4.42 Å². The van der Waals surface area contributed by atoms with Crippen LogP contribution in [-0.2, 0) is 5.41 Å².